The van der Waals surface area contributed by atoms with Crippen molar-refractivity contribution >= 4 is 0 Å². The Hall–Kier alpha value is -1.00. The van der Waals surface area contributed by atoms with E-state index in [9.17, 15) is 0 Å². The van der Waals surface area contributed by atoms with Gasteiger partial charge in [0, 0.05) is 0 Å². The maximum atomic E-state index is 7.42. The summed E-state index contributed by atoms with van der Waals surface area (Å²) in [5, 5.41) is 14.8. The zero-order chi connectivity index (χ0) is 9.40. The molecule has 1 atom stereocenters. The summed E-state index contributed by atoms with van der Waals surface area (Å²) in [4.78, 5) is 0. The van der Waals surface area contributed by atoms with Gasteiger partial charge in [0.2, 0.25) is 0 Å². The minimum atomic E-state index is -0.833. The Labute approximate surface area is 71.7 Å². The van der Waals surface area contributed by atoms with Crippen molar-refractivity contribution in [3.8, 4) is 0 Å². The maximum absolute atomic E-state index is 7.42. The molecule has 0 radical (unpaired) electrons. The molecule has 1 fully saturated rings. The summed E-state index contributed by atoms with van der Waals surface area (Å²) in [6, 6.07) is 0. The van der Waals surface area contributed by atoms with E-state index in [2.05, 4.69) is 13.2 Å². The number of rotatable bonds is 4. The lowest BCUT2D eigenvalue weighted by Gasteiger charge is -1.92. The third-order valence-corrected chi connectivity index (χ3v) is 0.942. The Morgan fingerprint density at radius 3 is 2.50 bits per heavy atom. The van der Waals surface area contributed by atoms with Crippen molar-refractivity contribution in [3.05, 3.63) is 25.2 Å². The second-order valence-electron chi connectivity index (χ2n) is 2.20. The van der Waals surface area contributed by atoms with Gasteiger partial charge < -0.3 is 19.7 Å². The zero-order valence-electron chi connectivity index (χ0n) is 6.90. The summed E-state index contributed by atoms with van der Waals surface area (Å²) in [5.41, 5.74) is 0. The van der Waals surface area contributed by atoms with Crippen molar-refractivity contribution < 1.29 is 19.7 Å². The molecule has 1 aliphatic rings. The van der Waals surface area contributed by atoms with Crippen LogP contribution in [0.2, 0.25) is 0 Å². The van der Waals surface area contributed by atoms with Gasteiger partial charge in [0.15, 0.2) is 0 Å². The average Bonchev–Trinajstić information content (AvgIpc) is 2.70. The number of hydrogen-bond acceptors (Lipinski definition) is 4. The van der Waals surface area contributed by atoms with Gasteiger partial charge in [-0.2, -0.15) is 0 Å². The molecule has 0 amide bonds. The number of epoxide rings is 1. The molecule has 0 saturated carbocycles. The van der Waals surface area contributed by atoms with Crippen molar-refractivity contribution in [1.82, 2.24) is 0 Å². The highest BCUT2D eigenvalue weighted by Gasteiger charge is 2.21. The molecule has 1 aliphatic heterocycles. The fourth-order valence-electron chi connectivity index (χ4n) is 0.447. The van der Waals surface area contributed by atoms with Crippen molar-refractivity contribution in [2.24, 2.45) is 0 Å². The van der Waals surface area contributed by atoms with E-state index in [4.69, 9.17) is 19.7 Å². The summed E-state index contributed by atoms with van der Waals surface area (Å²) >= 11 is 0. The summed E-state index contributed by atoms with van der Waals surface area (Å²) in [5.74, 6) is -0.833. The molecule has 4 nitrogen and oxygen atoms in total. The molecule has 0 aromatic carbocycles. The van der Waals surface area contributed by atoms with Crippen LogP contribution in [0.3, 0.4) is 0 Å². The largest absolute Gasteiger partial charge is 0.482 e. The first kappa shape index (κ1) is 11.0. The van der Waals surface area contributed by atoms with Crippen LogP contribution in [0.15, 0.2) is 25.2 Å². The van der Waals surface area contributed by atoms with Crippen LogP contribution in [0.5, 0.6) is 0 Å². The molecule has 0 spiro atoms. The summed E-state index contributed by atoms with van der Waals surface area (Å²) in [7, 11) is 0. The Kier molecular flexibility index (Phi) is 6.14. The maximum Gasteiger partial charge on any atom is 0.266 e. The second kappa shape index (κ2) is 6.69. The molecule has 1 rings (SSSR count). The quantitative estimate of drug-likeness (QED) is 0.290. The smallest absolute Gasteiger partial charge is 0.266 e. The van der Waals surface area contributed by atoms with Crippen LogP contribution in [0.4, 0.5) is 0 Å². The van der Waals surface area contributed by atoms with Crippen LogP contribution >= 0.6 is 0 Å². The predicted octanol–water partition coefficient (Wildman–Crippen LogP) is 1.16. The van der Waals surface area contributed by atoms with Crippen LogP contribution in [-0.4, -0.2) is 36.1 Å². The van der Waals surface area contributed by atoms with E-state index < -0.39 is 5.95 Å². The molecule has 1 heterocycles. The van der Waals surface area contributed by atoms with Crippen molar-refractivity contribution in [2.75, 3.05) is 19.8 Å². The topological polar surface area (TPSA) is 62.2 Å². The van der Waals surface area contributed by atoms with E-state index in [1.165, 1.54) is 0 Å². The number of hydrogen-bond donors (Lipinski definition) is 2. The Morgan fingerprint density at radius 2 is 2.17 bits per heavy atom. The highest BCUT2D eigenvalue weighted by molar-refractivity contribution is 4.70. The zero-order valence-corrected chi connectivity index (χ0v) is 6.90. The lowest BCUT2D eigenvalue weighted by molar-refractivity contribution is 0.141. The standard InChI is InChI=1S/C6H10O2.C2H4O2/c1-2-3-7-4-6-5-8-6;1-2(3)4/h2,6H,1,3-5H2;3-4H,1H2. The van der Waals surface area contributed by atoms with Crippen molar-refractivity contribution in [1.29, 1.82) is 0 Å². The van der Waals surface area contributed by atoms with Crippen molar-refractivity contribution in [3.63, 3.8) is 0 Å². The second-order valence-corrected chi connectivity index (χ2v) is 2.20. The van der Waals surface area contributed by atoms with E-state index in [1.54, 1.807) is 6.08 Å². The summed E-state index contributed by atoms with van der Waals surface area (Å²) in [6.45, 7) is 8.42. The van der Waals surface area contributed by atoms with Crippen LogP contribution in [-0.2, 0) is 9.47 Å². The molecule has 0 bridgehead atoms. The third kappa shape index (κ3) is 11.8. The van der Waals surface area contributed by atoms with Gasteiger partial charge in [-0.1, -0.05) is 6.08 Å². The van der Waals surface area contributed by atoms with Crippen LogP contribution in [0, 0.1) is 0 Å². The fourth-order valence-corrected chi connectivity index (χ4v) is 0.447. The van der Waals surface area contributed by atoms with Gasteiger partial charge in [0.1, 0.15) is 6.10 Å². The minimum absolute atomic E-state index is 0.384. The first-order chi connectivity index (χ1) is 5.66. The number of ether oxygens (including phenoxy) is 2. The molecular weight excluding hydrogens is 160 g/mol. The molecule has 1 unspecified atom stereocenters. The third-order valence-electron chi connectivity index (χ3n) is 0.942. The highest BCUT2D eigenvalue weighted by Crippen LogP contribution is 2.07. The van der Waals surface area contributed by atoms with E-state index in [0.717, 1.165) is 13.2 Å². The van der Waals surface area contributed by atoms with Gasteiger partial charge >= 0.3 is 0 Å². The van der Waals surface area contributed by atoms with Gasteiger partial charge in [0.25, 0.3) is 5.95 Å². The lowest BCUT2D eigenvalue weighted by atomic mass is 10.5. The molecule has 1 saturated heterocycles. The summed E-state index contributed by atoms with van der Waals surface area (Å²) in [6.07, 6.45) is 2.12. The van der Waals surface area contributed by atoms with E-state index >= 15 is 0 Å². The molecule has 70 valence electrons. The van der Waals surface area contributed by atoms with Gasteiger partial charge in [-0.25, -0.2) is 0 Å². The van der Waals surface area contributed by atoms with Gasteiger partial charge in [-0.15, -0.1) is 6.58 Å². The molecular formula is C8H14O4. The number of aliphatic hydroxyl groups is 2. The molecule has 2 N–H and O–H groups in total. The molecule has 4 heteroatoms. The van der Waals surface area contributed by atoms with Gasteiger partial charge in [-0.05, 0) is 6.58 Å². The number of aliphatic hydroxyl groups excluding tert-OH is 1. The summed E-state index contributed by atoms with van der Waals surface area (Å²) < 4.78 is 9.96. The predicted molar refractivity (Wildman–Crippen MR) is 45.2 cm³/mol. The van der Waals surface area contributed by atoms with Crippen LogP contribution in [0.1, 0.15) is 0 Å². The fraction of sp³-hybridized carbons (Fsp3) is 0.500. The molecule has 12 heavy (non-hydrogen) atoms. The first-order valence-corrected chi connectivity index (χ1v) is 3.54. The minimum Gasteiger partial charge on any atom is -0.482 e. The first-order valence-electron chi connectivity index (χ1n) is 3.54. The van der Waals surface area contributed by atoms with Gasteiger partial charge in [-0.3, -0.25) is 0 Å². The van der Waals surface area contributed by atoms with Crippen molar-refractivity contribution in [2.45, 2.75) is 6.10 Å². The van der Waals surface area contributed by atoms with Crippen LogP contribution < -0.4 is 0 Å². The SMILES string of the molecule is C=C(O)O.C=CCOCC1CO1. The van der Waals surface area contributed by atoms with Gasteiger partial charge in [0.05, 0.1) is 19.8 Å². The molecule has 0 aromatic rings. The lowest BCUT2D eigenvalue weighted by Crippen LogP contribution is -2.00. The Bertz CT molecular complexity index is 136. The van der Waals surface area contributed by atoms with Crippen LogP contribution in [0.25, 0.3) is 0 Å². The monoisotopic (exact) mass is 174 g/mol. The van der Waals surface area contributed by atoms with E-state index in [0.29, 0.717) is 12.7 Å². The Morgan fingerprint density at radius 1 is 1.67 bits per heavy atom. The Balaban J connectivity index is 0.000000261. The highest BCUT2D eigenvalue weighted by atomic mass is 16.6. The van der Waals surface area contributed by atoms with E-state index in [1.807, 2.05) is 0 Å². The normalized spacial score (nSPS) is 18.8. The molecule has 0 aromatic heterocycles. The van der Waals surface area contributed by atoms with E-state index in [-0.39, 0.29) is 0 Å². The molecule has 0 aliphatic carbocycles. The average molecular weight is 174 g/mol.